The van der Waals surface area contributed by atoms with Crippen molar-refractivity contribution in [2.75, 3.05) is 19.6 Å². The fourth-order valence-electron chi connectivity index (χ4n) is 3.64. The van der Waals surface area contributed by atoms with Gasteiger partial charge in [-0.3, -0.25) is 25.3 Å². The van der Waals surface area contributed by atoms with Gasteiger partial charge in [-0.1, -0.05) is 53.6 Å². The first-order valence-electron chi connectivity index (χ1n) is 10.1. The van der Waals surface area contributed by atoms with E-state index >= 15 is 0 Å². The summed E-state index contributed by atoms with van der Waals surface area (Å²) in [6.45, 7) is 4.21. The highest BCUT2D eigenvalue weighted by atomic mass is 35.5. The minimum Gasteiger partial charge on any atom is -0.294 e. The van der Waals surface area contributed by atoms with Crippen LogP contribution in [0.3, 0.4) is 0 Å². The molecule has 0 bridgehead atoms. The van der Waals surface area contributed by atoms with Crippen LogP contribution < -0.4 is 10.9 Å². The highest BCUT2D eigenvalue weighted by molar-refractivity contribution is 6.33. The number of hydrogen-bond donors (Lipinski definition) is 2. The molecule has 6 heteroatoms. The molecule has 0 saturated carbocycles. The monoisotopic (exact) mass is 413 g/mol. The average molecular weight is 414 g/mol. The lowest BCUT2D eigenvalue weighted by Crippen LogP contribution is -2.48. The molecule has 0 atom stereocenters. The number of carbonyl (C=O) groups excluding carboxylic acids is 2. The summed E-state index contributed by atoms with van der Waals surface area (Å²) in [6.07, 6.45) is 4.51. The van der Waals surface area contributed by atoms with Crippen molar-refractivity contribution >= 4 is 23.4 Å². The Labute approximate surface area is 177 Å². The third-order valence-electron chi connectivity index (χ3n) is 5.47. The van der Waals surface area contributed by atoms with E-state index < -0.39 is 5.91 Å². The maximum atomic E-state index is 12.2. The third kappa shape index (κ3) is 6.58. The number of aryl methyl sites for hydroxylation is 2. The Bertz CT molecular complexity index is 830. The lowest BCUT2D eigenvalue weighted by molar-refractivity contribution is -0.123. The van der Waals surface area contributed by atoms with Crippen LogP contribution in [0.2, 0.25) is 5.02 Å². The Morgan fingerprint density at radius 1 is 1.03 bits per heavy atom. The normalized spacial score (nSPS) is 15.1. The van der Waals surface area contributed by atoms with Crippen molar-refractivity contribution in [2.45, 2.75) is 32.6 Å². The number of rotatable bonds is 6. The molecule has 1 heterocycles. The molecule has 0 aromatic heterocycles. The van der Waals surface area contributed by atoms with E-state index in [4.69, 9.17) is 11.6 Å². The number of hydrogen-bond acceptors (Lipinski definition) is 3. The summed E-state index contributed by atoms with van der Waals surface area (Å²) in [5.74, 6) is 0.0674. The second kappa shape index (κ2) is 10.4. The number of halogens is 1. The molecule has 29 heavy (non-hydrogen) atoms. The molecule has 1 aliphatic heterocycles. The van der Waals surface area contributed by atoms with Gasteiger partial charge in [-0.2, -0.15) is 0 Å². The molecule has 5 nitrogen and oxygen atoms in total. The van der Waals surface area contributed by atoms with Crippen LogP contribution in [-0.2, 0) is 11.2 Å². The standard InChI is InChI=1S/C23H28ClN3O2/c1-17-6-8-18(9-7-17)10-11-19-12-14-27(15-13-19)16-22(28)25-26-23(29)20-4-2-3-5-21(20)24/h2-9,19H,10-16H2,1H3,(H,25,28)(H,26,29). The number of benzene rings is 2. The highest BCUT2D eigenvalue weighted by Crippen LogP contribution is 2.22. The summed E-state index contributed by atoms with van der Waals surface area (Å²) < 4.78 is 0. The number of hydrazine groups is 1. The number of carbonyl (C=O) groups is 2. The number of nitrogens with one attached hydrogen (secondary N) is 2. The van der Waals surface area contributed by atoms with Crippen LogP contribution in [0.4, 0.5) is 0 Å². The molecule has 2 aromatic carbocycles. The predicted molar refractivity (Wildman–Crippen MR) is 116 cm³/mol. The lowest BCUT2D eigenvalue weighted by atomic mass is 9.90. The molecule has 2 aromatic rings. The van der Waals surface area contributed by atoms with Crippen molar-refractivity contribution in [3.63, 3.8) is 0 Å². The van der Waals surface area contributed by atoms with Gasteiger partial charge in [0.2, 0.25) is 0 Å². The van der Waals surface area contributed by atoms with Crippen LogP contribution in [-0.4, -0.2) is 36.3 Å². The number of piperidine rings is 1. The fourth-order valence-corrected chi connectivity index (χ4v) is 3.86. The van der Waals surface area contributed by atoms with Crippen molar-refractivity contribution in [1.29, 1.82) is 0 Å². The van der Waals surface area contributed by atoms with Crippen molar-refractivity contribution in [2.24, 2.45) is 5.92 Å². The average Bonchev–Trinajstić information content (AvgIpc) is 2.73. The van der Waals surface area contributed by atoms with Gasteiger partial charge in [0, 0.05) is 0 Å². The highest BCUT2D eigenvalue weighted by Gasteiger charge is 2.21. The van der Waals surface area contributed by atoms with E-state index in [0.717, 1.165) is 32.4 Å². The zero-order valence-corrected chi connectivity index (χ0v) is 17.5. The van der Waals surface area contributed by atoms with Crippen LogP contribution in [0.5, 0.6) is 0 Å². The maximum Gasteiger partial charge on any atom is 0.271 e. The molecule has 2 N–H and O–H groups in total. The first-order valence-corrected chi connectivity index (χ1v) is 10.5. The van der Waals surface area contributed by atoms with Gasteiger partial charge in [-0.25, -0.2) is 0 Å². The van der Waals surface area contributed by atoms with E-state index in [1.54, 1.807) is 24.3 Å². The summed E-state index contributed by atoms with van der Waals surface area (Å²) >= 11 is 5.99. The minimum atomic E-state index is -0.418. The van der Waals surface area contributed by atoms with Crippen molar-refractivity contribution in [1.82, 2.24) is 15.8 Å². The second-order valence-corrected chi connectivity index (χ2v) is 8.13. The molecular weight excluding hydrogens is 386 g/mol. The molecular formula is C23H28ClN3O2. The van der Waals surface area contributed by atoms with Crippen LogP contribution in [0.1, 0.15) is 40.7 Å². The Hall–Kier alpha value is -2.37. The summed E-state index contributed by atoms with van der Waals surface area (Å²) in [7, 11) is 0. The fraction of sp³-hybridized carbons (Fsp3) is 0.391. The van der Waals surface area contributed by atoms with Gasteiger partial charge in [0.05, 0.1) is 17.1 Å². The molecule has 1 fully saturated rings. The SMILES string of the molecule is Cc1ccc(CCC2CCN(CC(=O)NNC(=O)c3ccccc3Cl)CC2)cc1. The molecule has 1 aliphatic rings. The van der Waals surface area contributed by atoms with E-state index in [1.807, 2.05) is 0 Å². The summed E-state index contributed by atoms with van der Waals surface area (Å²) in [5.41, 5.74) is 7.94. The zero-order valence-electron chi connectivity index (χ0n) is 16.8. The van der Waals surface area contributed by atoms with Gasteiger partial charge in [-0.05, 0) is 69.3 Å². The molecule has 3 rings (SSSR count). The molecule has 2 amide bonds. The van der Waals surface area contributed by atoms with E-state index in [1.165, 1.54) is 17.5 Å². The van der Waals surface area contributed by atoms with Crippen molar-refractivity contribution in [3.05, 3.63) is 70.2 Å². The van der Waals surface area contributed by atoms with Gasteiger partial charge < -0.3 is 0 Å². The number of likely N-dealkylation sites (tertiary alicyclic amines) is 1. The maximum absolute atomic E-state index is 12.2. The number of amides is 2. The first-order chi connectivity index (χ1) is 14.0. The van der Waals surface area contributed by atoms with Crippen molar-refractivity contribution < 1.29 is 9.59 Å². The van der Waals surface area contributed by atoms with Crippen LogP contribution in [0, 0.1) is 12.8 Å². The van der Waals surface area contributed by atoms with Gasteiger partial charge in [0.15, 0.2) is 0 Å². The van der Waals surface area contributed by atoms with Gasteiger partial charge >= 0.3 is 0 Å². The largest absolute Gasteiger partial charge is 0.294 e. The smallest absolute Gasteiger partial charge is 0.271 e. The quantitative estimate of drug-likeness (QED) is 0.709. The Morgan fingerprint density at radius 3 is 2.41 bits per heavy atom. The Kier molecular flexibility index (Phi) is 7.67. The third-order valence-corrected chi connectivity index (χ3v) is 5.80. The topological polar surface area (TPSA) is 61.4 Å². The molecule has 0 unspecified atom stereocenters. The predicted octanol–water partition coefficient (Wildman–Crippen LogP) is 3.75. The van der Waals surface area contributed by atoms with Crippen LogP contribution in [0.15, 0.2) is 48.5 Å². The van der Waals surface area contributed by atoms with Gasteiger partial charge in [0.1, 0.15) is 0 Å². The second-order valence-electron chi connectivity index (χ2n) is 7.73. The minimum absolute atomic E-state index is 0.219. The Balaban J connectivity index is 1.34. The van der Waals surface area contributed by atoms with E-state index in [-0.39, 0.29) is 12.5 Å². The van der Waals surface area contributed by atoms with E-state index in [2.05, 4.69) is 46.9 Å². The number of nitrogens with zero attached hydrogens (tertiary/aromatic N) is 1. The van der Waals surface area contributed by atoms with Crippen LogP contribution in [0.25, 0.3) is 0 Å². The van der Waals surface area contributed by atoms with E-state index in [9.17, 15) is 9.59 Å². The first kappa shape index (κ1) is 21.3. The van der Waals surface area contributed by atoms with Crippen molar-refractivity contribution in [3.8, 4) is 0 Å². The summed E-state index contributed by atoms with van der Waals surface area (Å²) in [4.78, 5) is 26.4. The molecule has 0 radical (unpaired) electrons. The molecule has 1 saturated heterocycles. The molecule has 0 spiro atoms. The lowest BCUT2D eigenvalue weighted by Gasteiger charge is -2.31. The summed E-state index contributed by atoms with van der Waals surface area (Å²) in [6, 6.07) is 15.5. The summed E-state index contributed by atoms with van der Waals surface area (Å²) in [5, 5.41) is 0.354. The van der Waals surface area contributed by atoms with Gasteiger partial charge in [0.25, 0.3) is 11.8 Å². The molecule has 0 aliphatic carbocycles. The van der Waals surface area contributed by atoms with Gasteiger partial charge in [-0.15, -0.1) is 0 Å². The van der Waals surface area contributed by atoms with Crippen LogP contribution >= 0.6 is 11.6 Å². The zero-order chi connectivity index (χ0) is 20.6. The molecule has 154 valence electrons. The van der Waals surface area contributed by atoms with E-state index in [0.29, 0.717) is 16.5 Å². The Morgan fingerprint density at radius 2 is 1.72 bits per heavy atom.